The lowest BCUT2D eigenvalue weighted by Crippen LogP contribution is -2.23. The highest BCUT2D eigenvalue weighted by molar-refractivity contribution is 6.42. The van der Waals surface area contributed by atoms with Crippen LogP contribution in [0.2, 0.25) is 10.0 Å². The normalized spacial score (nSPS) is 10.6. The van der Waals surface area contributed by atoms with Gasteiger partial charge in [-0.2, -0.15) is 5.26 Å². The molecule has 0 fully saturated rings. The number of halogens is 2. The number of benzene rings is 1. The molecule has 0 unspecified atom stereocenters. The van der Waals surface area contributed by atoms with Crippen LogP contribution in [0.5, 0.6) is 0 Å². The van der Waals surface area contributed by atoms with Gasteiger partial charge in [0.1, 0.15) is 17.3 Å². The third-order valence-electron chi connectivity index (χ3n) is 4.74. The third kappa shape index (κ3) is 4.09. The Bertz CT molecular complexity index is 1260. The quantitative estimate of drug-likeness (QED) is 0.618. The van der Waals surface area contributed by atoms with Crippen LogP contribution < -0.4 is 5.43 Å². The van der Waals surface area contributed by atoms with Crippen molar-refractivity contribution in [2.45, 2.75) is 26.8 Å². The summed E-state index contributed by atoms with van der Waals surface area (Å²) in [5, 5.41) is 19.5. The van der Waals surface area contributed by atoms with Crippen LogP contribution in [0.1, 0.15) is 39.9 Å². The van der Waals surface area contributed by atoms with Crippen LogP contribution in [0.3, 0.4) is 0 Å². The van der Waals surface area contributed by atoms with Gasteiger partial charge in [-0.25, -0.2) is 9.78 Å². The number of carbonyl (C=O) groups is 1. The fraction of sp³-hybridized carbons (Fsp3) is 0.182. The number of nitrogens with zero attached hydrogens (tertiary/aromatic N) is 3. The zero-order valence-corrected chi connectivity index (χ0v) is 17.8. The van der Waals surface area contributed by atoms with E-state index in [0.29, 0.717) is 34.2 Å². The Labute approximate surface area is 183 Å². The summed E-state index contributed by atoms with van der Waals surface area (Å²) in [5.74, 6) is -1.32. The van der Waals surface area contributed by atoms with E-state index in [4.69, 9.17) is 23.2 Å². The third-order valence-corrected chi connectivity index (χ3v) is 5.48. The lowest BCUT2D eigenvalue weighted by Gasteiger charge is -2.20. The Morgan fingerprint density at radius 2 is 1.93 bits per heavy atom. The molecule has 0 aliphatic carbocycles. The molecular weight excluding hydrogens is 425 g/mol. The molecule has 1 N–H and O–H groups in total. The number of nitriles is 1. The topological polar surface area (TPSA) is 96.0 Å². The van der Waals surface area contributed by atoms with E-state index in [2.05, 4.69) is 4.98 Å². The average molecular weight is 442 g/mol. The summed E-state index contributed by atoms with van der Waals surface area (Å²) in [4.78, 5) is 29.0. The van der Waals surface area contributed by atoms with E-state index >= 15 is 0 Å². The molecule has 2 heterocycles. The van der Waals surface area contributed by atoms with Crippen molar-refractivity contribution < 1.29 is 9.90 Å². The molecule has 1 aromatic carbocycles. The minimum Gasteiger partial charge on any atom is -0.477 e. The SMILES string of the molecule is CCn1c(Cc2ccc(C)c(C#N)n2)cc(=O)c(C(=O)O)c1-c1ccc(Cl)c(Cl)c1. The van der Waals surface area contributed by atoms with Crippen LogP contribution >= 0.6 is 23.2 Å². The van der Waals surface area contributed by atoms with Crippen molar-refractivity contribution in [3.63, 3.8) is 0 Å². The number of carboxylic acids is 1. The van der Waals surface area contributed by atoms with Gasteiger partial charge in [0.25, 0.3) is 0 Å². The van der Waals surface area contributed by atoms with Gasteiger partial charge in [0.15, 0.2) is 5.43 Å². The molecule has 0 radical (unpaired) electrons. The molecule has 3 aromatic rings. The number of aryl methyl sites for hydroxylation is 1. The highest BCUT2D eigenvalue weighted by Crippen LogP contribution is 2.31. The van der Waals surface area contributed by atoms with Crippen molar-refractivity contribution in [2.24, 2.45) is 0 Å². The first-order valence-electron chi connectivity index (χ1n) is 9.08. The monoisotopic (exact) mass is 441 g/mol. The lowest BCUT2D eigenvalue weighted by atomic mass is 10.0. The van der Waals surface area contributed by atoms with Crippen LogP contribution in [0.15, 0.2) is 41.2 Å². The Balaban J connectivity index is 2.27. The minimum atomic E-state index is -1.32. The summed E-state index contributed by atoms with van der Waals surface area (Å²) in [5.41, 5.74) is 2.01. The molecule has 0 amide bonds. The van der Waals surface area contributed by atoms with Gasteiger partial charge in [-0.1, -0.05) is 35.3 Å². The Morgan fingerprint density at radius 1 is 1.20 bits per heavy atom. The van der Waals surface area contributed by atoms with Crippen LogP contribution in [-0.2, 0) is 13.0 Å². The summed E-state index contributed by atoms with van der Waals surface area (Å²) in [6, 6.07) is 11.7. The summed E-state index contributed by atoms with van der Waals surface area (Å²) >= 11 is 12.1. The van der Waals surface area contributed by atoms with Gasteiger partial charge in [-0.15, -0.1) is 0 Å². The maximum absolute atomic E-state index is 12.7. The van der Waals surface area contributed by atoms with Crippen molar-refractivity contribution in [3.8, 4) is 17.3 Å². The average Bonchev–Trinajstić information content (AvgIpc) is 2.70. The molecule has 0 saturated carbocycles. The van der Waals surface area contributed by atoms with E-state index in [-0.39, 0.29) is 22.7 Å². The number of carboxylic acid groups (broad SMARTS) is 1. The summed E-state index contributed by atoms with van der Waals surface area (Å²) < 4.78 is 1.75. The second-order valence-electron chi connectivity index (χ2n) is 6.66. The molecule has 30 heavy (non-hydrogen) atoms. The standard InChI is InChI=1S/C22H17Cl2N3O3/c1-3-27-15(9-14-6-4-12(2)18(11-25)26-14)10-19(28)20(22(29)30)21(27)13-5-7-16(23)17(24)8-13/h4-8,10H,3,9H2,1-2H3,(H,29,30). The van der Waals surface area contributed by atoms with E-state index in [0.717, 1.165) is 5.56 Å². The van der Waals surface area contributed by atoms with Gasteiger partial charge in [-0.05, 0) is 37.6 Å². The first-order valence-corrected chi connectivity index (χ1v) is 9.84. The van der Waals surface area contributed by atoms with E-state index < -0.39 is 11.4 Å². The van der Waals surface area contributed by atoms with Gasteiger partial charge < -0.3 is 9.67 Å². The van der Waals surface area contributed by atoms with Gasteiger partial charge in [0, 0.05) is 36.0 Å². The number of aromatic nitrogens is 2. The molecule has 6 nitrogen and oxygen atoms in total. The second-order valence-corrected chi connectivity index (χ2v) is 7.47. The fourth-order valence-electron chi connectivity index (χ4n) is 3.32. The molecular formula is C22H17Cl2N3O3. The molecule has 8 heteroatoms. The minimum absolute atomic E-state index is 0.249. The number of pyridine rings is 2. The van der Waals surface area contributed by atoms with Gasteiger partial charge in [-0.3, -0.25) is 4.79 Å². The highest BCUT2D eigenvalue weighted by Gasteiger charge is 2.22. The van der Waals surface area contributed by atoms with E-state index in [1.54, 1.807) is 41.8 Å². The molecule has 0 bridgehead atoms. The Hall–Kier alpha value is -3.14. The van der Waals surface area contributed by atoms with Gasteiger partial charge in [0.2, 0.25) is 0 Å². The smallest absolute Gasteiger partial charge is 0.341 e. The Kier molecular flexibility index (Phi) is 6.25. The van der Waals surface area contributed by atoms with Crippen LogP contribution in [0.4, 0.5) is 0 Å². The maximum Gasteiger partial charge on any atom is 0.341 e. The predicted molar refractivity (Wildman–Crippen MR) is 115 cm³/mol. The Morgan fingerprint density at radius 3 is 2.53 bits per heavy atom. The summed E-state index contributed by atoms with van der Waals surface area (Å²) in [7, 11) is 0. The first kappa shape index (κ1) is 21.6. The van der Waals surface area contributed by atoms with Gasteiger partial charge >= 0.3 is 5.97 Å². The zero-order chi connectivity index (χ0) is 22.0. The van der Waals surface area contributed by atoms with Crippen LogP contribution in [-0.4, -0.2) is 20.6 Å². The van der Waals surface area contributed by atoms with Crippen molar-refractivity contribution in [1.29, 1.82) is 5.26 Å². The number of hydrogen-bond donors (Lipinski definition) is 1. The summed E-state index contributed by atoms with van der Waals surface area (Å²) in [6.45, 7) is 4.05. The molecule has 0 spiro atoms. The van der Waals surface area contributed by atoms with E-state index in [9.17, 15) is 20.0 Å². The molecule has 0 aliphatic heterocycles. The van der Waals surface area contributed by atoms with Crippen LogP contribution in [0.25, 0.3) is 11.3 Å². The molecule has 3 rings (SSSR count). The van der Waals surface area contributed by atoms with Crippen molar-refractivity contribution >= 4 is 29.2 Å². The summed E-state index contributed by atoms with van der Waals surface area (Å²) in [6.07, 6.45) is 0.256. The molecule has 2 aromatic heterocycles. The zero-order valence-electron chi connectivity index (χ0n) is 16.2. The molecule has 0 atom stereocenters. The number of hydrogen-bond acceptors (Lipinski definition) is 4. The second kappa shape index (κ2) is 8.70. The van der Waals surface area contributed by atoms with Crippen molar-refractivity contribution in [3.05, 3.63) is 84.9 Å². The highest BCUT2D eigenvalue weighted by atomic mass is 35.5. The lowest BCUT2D eigenvalue weighted by molar-refractivity contribution is 0.0695. The fourth-order valence-corrected chi connectivity index (χ4v) is 3.62. The predicted octanol–water partition coefficient (Wildman–Crippen LogP) is 4.71. The first-order chi connectivity index (χ1) is 14.3. The van der Waals surface area contributed by atoms with Crippen LogP contribution in [0, 0.1) is 18.3 Å². The molecule has 0 saturated heterocycles. The van der Waals surface area contributed by atoms with E-state index in [1.165, 1.54) is 6.07 Å². The molecule has 152 valence electrons. The largest absolute Gasteiger partial charge is 0.477 e. The van der Waals surface area contributed by atoms with Crippen molar-refractivity contribution in [1.82, 2.24) is 9.55 Å². The number of rotatable bonds is 5. The van der Waals surface area contributed by atoms with E-state index in [1.807, 2.05) is 13.0 Å². The number of aromatic carboxylic acids is 1. The molecule has 0 aliphatic rings. The van der Waals surface area contributed by atoms with Gasteiger partial charge in [0.05, 0.1) is 15.7 Å². The maximum atomic E-state index is 12.7. The van der Waals surface area contributed by atoms with Crippen molar-refractivity contribution in [2.75, 3.05) is 0 Å².